The molecule has 32 heavy (non-hydrogen) atoms. The largest absolute Gasteiger partial charge is 0.488 e. The van der Waals surface area contributed by atoms with Crippen LogP contribution in [-0.4, -0.2) is 26.0 Å². The van der Waals surface area contributed by atoms with Crippen LogP contribution in [0.1, 0.15) is 43.9 Å². The van der Waals surface area contributed by atoms with Gasteiger partial charge in [-0.3, -0.25) is 4.79 Å². The number of allylic oxidation sites excluding steroid dienone is 2. The van der Waals surface area contributed by atoms with Crippen LogP contribution >= 0.6 is 27.5 Å². The average Bonchev–Trinajstić information content (AvgIpc) is 3.19. The molecular weight excluding hydrogens is 494 g/mol. The highest BCUT2D eigenvalue weighted by molar-refractivity contribution is 9.10. The summed E-state index contributed by atoms with van der Waals surface area (Å²) < 4.78 is 8.74. The van der Waals surface area contributed by atoms with Crippen molar-refractivity contribution in [2.45, 2.75) is 39.3 Å². The van der Waals surface area contributed by atoms with Crippen molar-refractivity contribution in [3.05, 3.63) is 74.4 Å². The van der Waals surface area contributed by atoms with Gasteiger partial charge in [-0.25, -0.2) is 0 Å². The summed E-state index contributed by atoms with van der Waals surface area (Å²) in [4.78, 5) is 13.3. The fourth-order valence-corrected chi connectivity index (χ4v) is 4.96. The predicted molar refractivity (Wildman–Crippen MR) is 125 cm³/mol. The van der Waals surface area contributed by atoms with Gasteiger partial charge in [0.05, 0.1) is 0 Å². The molecule has 0 saturated carbocycles. The van der Waals surface area contributed by atoms with Gasteiger partial charge in [-0.15, -0.1) is 0 Å². The van der Waals surface area contributed by atoms with Gasteiger partial charge in [0.2, 0.25) is 5.95 Å². The molecule has 9 heteroatoms. The molecule has 1 unspecified atom stereocenters. The molecule has 0 saturated heterocycles. The molecule has 2 aliphatic rings. The highest BCUT2D eigenvalue weighted by Crippen LogP contribution is 2.47. The number of benzene rings is 2. The SMILES string of the molecule is CC1(C)CC(=O)C2=C(C1)Nc1nnnn1C2c1cc(Br)ccc1OCc1ccccc1Cl. The monoisotopic (exact) mass is 513 g/mol. The Balaban J connectivity index is 1.60. The van der Waals surface area contributed by atoms with Gasteiger partial charge in [0.25, 0.3) is 0 Å². The maximum Gasteiger partial charge on any atom is 0.248 e. The first-order valence-electron chi connectivity index (χ1n) is 10.3. The topological polar surface area (TPSA) is 81.9 Å². The van der Waals surface area contributed by atoms with Gasteiger partial charge in [0.15, 0.2) is 5.78 Å². The van der Waals surface area contributed by atoms with E-state index in [2.05, 4.69) is 50.6 Å². The first-order chi connectivity index (χ1) is 15.3. The number of rotatable bonds is 4. The van der Waals surface area contributed by atoms with E-state index in [-0.39, 0.29) is 11.2 Å². The Morgan fingerprint density at radius 2 is 2.06 bits per heavy atom. The second-order valence-electron chi connectivity index (χ2n) is 8.87. The van der Waals surface area contributed by atoms with Crippen molar-refractivity contribution in [3.63, 3.8) is 0 Å². The number of aromatic nitrogens is 4. The molecule has 0 amide bonds. The van der Waals surface area contributed by atoms with Crippen molar-refractivity contribution in [1.29, 1.82) is 0 Å². The fraction of sp³-hybridized carbons (Fsp3) is 0.304. The third kappa shape index (κ3) is 3.82. The Labute approximate surface area is 198 Å². The number of Topliss-reactive ketones (excluding diaryl/α,β-unsaturated/α-hetero) is 1. The van der Waals surface area contributed by atoms with E-state index in [1.54, 1.807) is 4.68 Å². The molecule has 5 rings (SSSR count). The van der Waals surface area contributed by atoms with E-state index in [1.807, 2.05) is 42.5 Å². The van der Waals surface area contributed by atoms with E-state index in [9.17, 15) is 4.79 Å². The van der Waals surface area contributed by atoms with Crippen LogP contribution in [0.15, 0.2) is 58.2 Å². The summed E-state index contributed by atoms with van der Waals surface area (Å²) in [5.74, 6) is 1.24. The third-order valence-electron chi connectivity index (χ3n) is 5.80. The molecule has 2 aromatic carbocycles. The quantitative estimate of drug-likeness (QED) is 0.507. The molecule has 0 fully saturated rings. The van der Waals surface area contributed by atoms with E-state index in [4.69, 9.17) is 16.3 Å². The zero-order valence-corrected chi connectivity index (χ0v) is 19.9. The van der Waals surface area contributed by atoms with Crippen LogP contribution in [0.5, 0.6) is 5.75 Å². The number of carbonyl (C=O) groups is 1. The maximum absolute atomic E-state index is 13.3. The molecular formula is C23H21BrClN5O2. The van der Waals surface area contributed by atoms with E-state index in [0.717, 1.165) is 27.7 Å². The summed E-state index contributed by atoms with van der Waals surface area (Å²) in [5.41, 5.74) is 3.11. The normalized spacial score (nSPS) is 19.2. The van der Waals surface area contributed by atoms with Crippen LogP contribution in [0.2, 0.25) is 5.02 Å². The molecule has 0 radical (unpaired) electrons. The summed E-state index contributed by atoms with van der Waals surface area (Å²) in [6.07, 6.45) is 1.20. The lowest BCUT2D eigenvalue weighted by atomic mass is 9.73. The fourth-order valence-electron chi connectivity index (χ4n) is 4.39. The summed E-state index contributed by atoms with van der Waals surface area (Å²) in [6, 6.07) is 12.8. The lowest BCUT2D eigenvalue weighted by molar-refractivity contribution is -0.118. The van der Waals surface area contributed by atoms with Crippen molar-refractivity contribution in [3.8, 4) is 5.75 Å². The molecule has 1 aromatic heterocycles. The van der Waals surface area contributed by atoms with Crippen molar-refractivity contribution in [2.24, 2.45) is 5.41 Å². The summed E-state index contributed by atoms with van der Waals surface area (Å²) in [5, 5.41) is 16.1. The second kappa shape index (κ2) is 8.01. The van der Waals surface area contributed by atoms with Crippen LogP contribution in [0.25, 0.3) is 0 Å². The first-order valence-corrected chi connectivity index (χ1v) is 11.5. The van der Waals surface area contributed by atoms with Gasteiger partial charge in [0.1, 0.15) is 18.4 Å². The number of anilines is 1. The molecule has 0 spiro atoms. The Morgan fingerprint density at radius 3 is 2.88 bits per heavy atom. The number of tetrazole rings is 1. The molecule has 7 nitrogen and oxygen atoms in total. The molecule has 1 aliphatic carbocycles. The number of hydrogen-bond acceptors (Lipinski definition) is 6. The zero-order chi connectivity index (χ0) is 22.5. The highest BCUT2D eigenvalue weighted by atomic mass is 79.9. The van der Waals surface area contributed by atoms with Crippen LogP contribution in [0.3, 0.4) is 0 Å². The molecule has 3 aromatic rings. The number of ether oxygens (including phenoxy) is 1. The number of ketones is 1. The van der Waals surface area contributed by atoms with Gasteiger partial charge in [-0.05, 0) is 46.5 Å². The first kappa shape index (κ1) is 21.2. The summed E-state index contributed by atoms with van der Waals surface area (Å²) in [7, 11) is 0. The van der Waals surface area contributed by atoms with E-state index >= 15 is 0 Å². The predicted octanol–water partition coefficient (Wildman–Crippen LogP) is 5.33. The minimum Gasteiger partial charge on any atom is -0.488 e. The number of nitrogens with one attached hydrogen (secondary N) is 1. The second-order valence-corrected chi connectivity index (χ2v) is 10.2. The van der Waals surface area contributed by atoms with Crippen LogP contribution < -0.4 is 10.1 Å². The van der Waals surface area contributed by atoms with E-state index < -0.39 is 6.04 Å². The number of hydrogen-bond donors (Lipinski definition) is 1. The van der Waals surface area contributed by atoms with Crippen LogP contribution in [0.4, 0.5) is 5.95 Å². The minimum atomic E-state index is -0.487. The van der Waals surface area contributed by atoms with Crippen molar-refractivity contribution in [1.82, 2.24) is 20.2 Å². The van der Waals surface area contributed by atoms with Crippen LogP contribution in [-0.2, 0) is 11.4 Å². The number of fused-ring (bicyclic) bond motifs is 1. The molecule has 1 aliphatic heterocycles. The Kier molecular flexibility index (Phi) is 5.29. The Bertz CT molecular complexity index is 1250. The number of carbonyl (C=O) groups excluding carboxylic acids is 1. The standard InChI is InChI=1S/C23H21BrClN5O2/c1-23(2)10-17-20(18(31)11-23)21(30-22(26-17)27-28-29-30)15-9-14(24)7-8-19(15)32-12-13-5-3-4-6-16(13)25/h3-9,21H,10-12H2,1-2H3,(H,26,27,29). The average molecular weight is 515 g/mol. The van der Waals surface area contributed by atoms with E-state index in [1.165, 1.54) is 0 Å². The Morgan fingerprint density at radius 1 is 1.25 bits per heavy atom. The van der Waals surface area contributed by atoms with Crippen molar-refractivity contribution < 1.29 is 9.53 Å². The Hall–Kier alpha value is -2.71. The maximum atomic E-state index is 13.3. The van der Waals surface area contributed by atoms with Gasteiger partial charge < -0.3 is 10.1 Å². The van der Waals surface area contributed by atoms with E-state index in [0.29, 0.717) is 35.3 Å². The lowest BCUT2D eigenvalue weighted by Crippen LogP contribution is -2.36. The minimum absolute atomic E-state index is 0.0897. The summed E-state index contributed by atoms with van der Waals surface area (Å²) >= 11 is 9.88. The summed E-state index contributed by atoms with van der Waals surface area (Å²) in [6.45, 7) is 4.50. The lowest BCUT2D eigenvalue weighted by Gasteiger charge is -2.38. The van der Waals surface area contributed by atoms with Crippen molar-refractivity contribution in [2.75, 3.05) is 5.32 Å². The zero-order valence-electron chi connectivity index (χ0n) is 17.6. The molecule has 0 bridgehead atoms. The smallest absolute Gasteiger partial charge is 0.248 e. The van der Waals surface area contributed by atoms with Gasteiger partial charge >= 0.3 is 0 Å². The number of halogens is 2. The number of nitrogens with zero attached hydrogens (tertiary/aromatic N) is 4. The van der Waals surface area contributed by atoms with Gasteiger partial charge in [0, 0.05) is 38.3 Å². The van der Waals surface area contributed by atoms with Gasteiger partial charge in [-0.1, -0.05) is 64.7 Å². The molecule has 164 valence electrons. The molecule has 2 heterocycles. The highest BCUT2D eigenvalue weighted by Gasteiger charge is 2.42. The van der Waals surface area contributed by atoms with Crippen LogP contribution in [0, 0.1) is 5.41 Å². The third-order valence-corrected chi connectivity index (χ3v) is 6.66. The van der Waals surface area contributed by atoms with Crippen molar-refractivity contribution >= 4 is 39.3 Å². The van der Waals surface area contributed by atoms with Gasteiger partial charge in [-0.2, -0.15) is 4.68 Å². The molecule has 1 atom stereocenters. The molecule has 1 N–H and O–H groups in total.